The molecule has 1 aliphatic rings. The predicted octanol–water partition coefficient (Wildman–Crippen LogP) is 2.79. The van der Waals surface area contributed by atoms with E-state index in [0.717, 1.165) is 11.1 Å². The van der Waals surface area contributed by atoms with E-state index in [1.54, 1.807) is 24.5 Å². The lowest BCUT2D eigenvalue weighted by atomic mass is 9.83. The molecule has 8 heteroatoms. The van der Waals surface area contributed by atoms with Crippen LogP contribution >= 0.6 is 0 Å². The Morgan fingerprint density at radius 3 is 2.96 bits per heavy atom. The van der Waals surface area contributed by atoms with Gasteiger partial charge in [0.15, 0.2) is 11.5 Å². The maximum absolute atomic E-state index is 10.0. The minimum absolute atomic E-state index is 0.00438. The molecule has 4 N–H and O–H groups in total. The van der Waals surface area contributed by atoms with Gasteiger partial charge in [-0.25, -0.2) is 0 Å². The van der Waals surface area contributed by atoms with E-state index in [9.17, 15) is 10.4 Å². The molecule has 0 fully saturated rings. The third-order valence-corrected chi connectivity index (χ3v) is 4.51. The Balaban J connectivity index is 1.93. The maximum atomic E-state index is 10.0. The van der Waals surface area contributed by atoms with Gasteiger partial charge in [0.05, 0.1) is 23.8 Å². The van der Waals surface area contributed by atoms with E-state index >= 15 is 0 Å². The van der Waals surface area contributed by atoms with Crippen LogP contribution in [0, 0.1) is 11.3 Å². The Hall–Kier alpha value is -3.99. The van der Waals surface area contributed by atoms with Crippen molar-refractivity contribution in [2.75, 3.05) is 6.61 Å². The number of hydrogen-bond donors (Lipinski definition) is 3. The Morgan fingerprint density at radius 1 is 1.39 bits per heavy atom. The van der Waals surface area contributed by atoms with Crippen molar-refractivity contribution in [1.29, 1.82) is 5.26 Å². The van der Waals surface area contributed by atoms with Gasteiger partial charge < -0.3 is 20.3 Å². The molecule has 8 nitrogen and oxygen atoms in total. The largest absolute Gasteiger partial charge is 0.504 e. The fourth-order valence-corrected chi connectivity index (χ4v) is 3.29. The summed E-state index contributed by atoms with van der Waals surface area (Å²) in [6.45, 7) is 2.22. The number of aromatic hydroxyl groups is 1. The smallest absolute Gasteiger partial charge is 0.244 e. The topological polar surface area (TPSA) is 130 Å². The average Bonchev–Trinajstić information content (AvgIpc) is 3.13. The van der Waals surface area contributed by atoms with Gasteiger partial charge in [-0.2, -0.15) is 5.26 Å². The van der Waals surface area contributed by atoms with Gasteiger partial charge >= 0.3 is 0 Å². The Morgan fingerprint density at radius 2 is 2.25 bits per heavy atom. The number of fused-ring (bicyclic) bond motifs is 1. The van der Waals surface area contributed by atoms with Crippen molar-refractivity contribution < 1.29 is 14.6 Å². The van der Waals surface area contributed by atoms with Gasteiger partial charge in [-0.1, -0.05) is 6.07 Å². The Bertz CT molecular complexity index is 1100. The van der Waals surface area contributed by atoms with Gasteiger partial charge in [-0.15, -0.1) is 5.10 Å². The molecule has 0 amide bonds. The first-order valence-corrected chi connectivity index (χ1v) is 8.66. The lowest BCUT2D eigenvalue weighted by molar-refractivity contribution is 0.317. The molecule has 0 saturated carbocycles. The lowest BCUT2D eigenvalue weighted by Gasteiger charge is -2.24. The number of rotatable bonds is 4. The maximum Gasteiger partial charge on any atom is 0.244 e. The van der Waals surface area contributed by atoms with Gasteiger partial charge in [0, 0.05) is 18.0 Å². The molecule has 3 aromatic rings. The first-order chi connectivity index (χ1) is 13.6. The number of phenolic OH excluding ortho intramolecular Hbond substituents is 1. The van der Waals surface area contributed by atoms with Crippen LogP contribution in [0.1, 0.15) is 24.0 Å². The Labute approximate surface area is 160 Å². The molecule has 140 valence electrons. The van der Waals surface area contributed by atoms with Crippen LogP contribution in [0.15, 0.2) is 54.2 Å². The van der Waals surface area contributed by atoms with E-state index in [1.165, 1.54) is 6.07 Å². The second-order valence-electron chi connectivity index (χ2n) is 6.14. The molecule has 0 radical (unpaired) electrons. The Kier molecular flexibility index (Phi) is 4.33. The highest BCUT2D eigenvalue weighted by Crippen LogP contribution is 2.46. The predicted molar refractivity (Wildman–Crippen MR) is 100 cm³/mol. The van der Waals surface area contributed by atoms with Crippen LogP contribution in [0.5, 0.6) is 17.4 Å². The number of allylic oxidation sites excluding steroid dienone is 1. The van der Waals surface area contributed by atoms with Crippen molar-refractivity contribution in [1.82, 2.24) is 15.2 Å². The highest BCUT2D eigenvalue weighted by atomic mass is 16.5. The van der Waals surface area contributed by atoms with Gasteiger partial charge in [-0.3, -0.25) is 10.1 Å². The molecule has 0 bridgehead atoms. The number of H-pyrrole nitrogens is 1. The van der Waals surface area contributed by atoms with Crippen LogP contribution in [-0.4, -0.2) is 26.9 Å². The second-order valence-corrected chi connectivity index (χ2v) is 6.14. The molecular weight excluding hydrogens is 358 g/mol. The first kappa shape index (κ1) is 17.4. The summed E-state index contributed by atoms with van der Waals surface area (Å²) in [4.78, 5) is 4.15. The van der Waals surface area contributed by atoms with Crippen molar-refractivity contribution in [3.63, 3.8) is 0 Å². The van der Waals surface area contributed by atoms with E-state index in [0.29, 0.717) is 29.5 Å². The highest BCUT2D eigenvalue weighted by Gasteiger charge is 2.36. The van der Waals surface area contributed by atoms with Crippen LogP contribution in [-0.2, 0) is 0 Å². The van der Waals surface area contributed by atoms with E-state index < -0.39 is 5.92 Å². The number of nitrogens with one attached hydrogen (secondary N) is 1. The number of hydrogen-bond acceptors (Lipinski definition) is 7. The van der Waals surface area contributed by atoms with Gasteiger partial charge in [0.2, 0.25) is 11.8 Å². The average molecular weight is 375 g/mol. The number of ether oxygens (including phenoxy) is 2. The van der Waals surface area contributed by atoms with E-state index in [-0.39, 0.29) is 17.2 Å². The summed E-state index contributed by atoms with van der Waals surface area (Å²) in [5.74, 6) is 0.104. The molecule has 0 aliphatic carbocycles. The SMILES string of the molecule is CCOc1cc([C@@H]2C(C#N)=C(N)Oc3n[nH]c(-c4cccnc4)c32)ccc1O. The van der Waals surface area contributed by atoms with Gasteiger partial charge in [0.25, 0.3) is 0 Å². The number of benzene rings is 1. The molecule has 1 aliphatic heterocycles. The third kappa shape index (κ3) is 2.79. The zero-order valence-electron chi connectivity index (χ0n) is 15.0. The molecule has 28 heavy (non-hydrogen) atoms. The summed E-state index contributed by atoms with van der Waals surface area (Å²) in [5, 5.41) is 27.0. The van der Waals surface area contributed by atoms with Crippen molar-refractivity contribution in [3.05, 3.63) is 65.3 Å². The van der Waals surface area contributed by atoms with Crippen LogP contribution in [0.2, 0.25) is 0 Å². The van der Waals surface area contributed by atoms with Crippen molar-refractivity contribution in [2.24, 2.45) is 5.73 Å². The fourth-order valence-electron chi connectivity index (χ4n) is 3.29. The number of phenols is 1. The summed E-state index contributed by atoms with van der Waals surface area (Å²) < 4.78 is 11.1. The number of nitrogens with zero attached hydrogens (tertiary/aromatic N) is 3. The zero-order valence-corrected chi connectivity index (χ0v) is 15.0. The molecular formula is C20H17N5O3. The molecule has 1 aromatic carbocycles. The number of nitriles is 1. The number of aromatic nitrogens is 3. The summed E-state index contributed by atoms with van der Waals surface area (Å²) in [6, 6.07) is 10.8. The summed E-state index contributed by atoms with van der Waals surface area (Å²) >= 11 is 0. The fraction of sp³-hybridized carbons (Fsp3) is 0.150. The molecule has 1 atom stereocenters. The van der Waals surface area contributed by atoms with E-state index in [2.05, 4.69) is 21.3 Å². The van der Waals surface area contributed by atoms with Crippen LogP contribution in [0.25, 0.3) is 11.3 Å². The monoisotopic (exact) mass is 375 g/mol. The van der Waals surface area contributed by atoms with Crippen LogP contribution in [0.3, 0.4) is 0 Å². The standard InChI is InChI=1S/C20H17N5O3/c1-2-27-15-8-11(5-6-14(15)26)16-13(9-21)19(22)28-20-17(16)18(24-25-20)12-4-3-7-23-10-12/h3-8,10,16,26H,2,22H2,1H3,(H,24,25)/t16-/m1/s1. The van der Waals surface area contributed by atoms with E-state index in [4.69, 9.17) is 15.2 Å². The van der Waals surface area contributed by atoms with E-state index in [1.807, 2.05) is 19.1 Å². The molecule has 0 saturated heterocycles. The van der Waals surface area contributed by atoms with Gasteiger partial charge in [0.1, 0.15) is 11.6 Å². The van der Waals surface area contributed by atoms with Crippen LogP contribution < -0.4 is 15.2 Å². The minimum atomic E-state index is -0.539. The lowest BCUT2D eigenvalue weighted by Crippen LogP contribution is -2.21. The third-order valence-electron chi connectivity index (χ3n) is 4.51. The summed E-state index contributed by atoms with van der Waals surface area (Å²) in [6.07, 6.45) is 3.37. The number of nitrogens with two attached hydrogens (primary N) is 1. The minimum Gasteiger partial charge on any atom is -0.504 e. The molecule has 4 rings (SSSR count). The van der Waals surface area contributed by atoms with Gasteiger partial charge in [-0.05, 0) is 36.8 Å². The molecule has 2 aromatic heterocycles. The summed E-state index contributed by atoms with van der Waals surface area (Å²) in [5.41, 5.74) is 9.12. The molecule has 0 spiro atoms. The van der Waals surface area contributed by atoms with Crippen molar-refractivity contribution in [3.8, 4) is 34.7 Å². The number of aromatic amines is 1. The zero-order chi connectivity index (χ0) is 19.7. The highest BCUT2D eigenvalue weighted by molar-refractivity contribution is 5.70. The molecule has 0 unspecified atom stereocenters. The number of pyridine rings is 1. The van der Waals surface area contributed by atoms with Crippen molar-refractivity contribution >= 4 is 0 Å². The van der Waals surface area contributed by atoms with Crippen molar-refractivity contribution in [2.45, 2.75) is 12.8 Å². The first-order valence-electron chi connectivity index (χ1n) is 8.66. The normalized spacial score (nSPS) is 15.5. The molecule has 3 heterocycles. The second kappa shape index (κ2) is 6.96. The quantitative estimate of drug-likeness (QED) is 0.639. The van der Waals surface area contributed by atoms with Crippen LogP contribution in [0.4, 0.5) is 0 Å². The summed E-state index contributed by atoms with van der Waals surface area (Å²) in [7, 11) is 0.